The predicted octanol–water partition coefficient (Wildman–Crippen LogP) is 3.83. The molecule has 2 aromatic rings. The summed E-state index contributed by atoms with van der Waals surface area (Å²) in [4.78, 5) is 15.4. The van der Waals surface area contributed by atoms with Crippen molar-refractivity contribution in [2.45, 2.75) is 13.5 Å². The van der Waals surface area contributed by atoms with Crippen LogP contribution in [0.3, 0.4) is 0 Å². The molecule has 0 aliphatic carbocycles. The number of thiocarbonyl (C=S) groups is 1. The smallest absolute Gasteiger partial charge is 0.276 e. The van der Waals surface area contributed by atoms with Crippen LogP contribution < -0.4 is 9.47 Å². The van der Waals surface area contributed by atoms with Gasteiger partial charge in [0.05, 0.1) is 6.61 Å². The van der Waals surface area contributed by atoms with Crippen LogP contribution in [0.5, 0.6) is 11.5 Å². The van der Waals surface area contributed by atoms with Crippen molar-refractivity contribution < 1.29 is 18.7 Å². The fourth-order valence-corrected chi connectivity index (χ4v) is 3.00. The Hall–Kier alpha value is -2.93. The Balaban J connectivity index is 1.85. The molecular weight excluding hydrogens is 379 g/mol. The fourth-order valence-electron chi connectivity index (χ4n) is 2.82. The van der Waals surface area contributed by atoms with Gasteiger partial charge in [0.15, 0.2) is 16.6 Å². The van der Waals surface area contributed by atoms with Crippen LogP contribution in [0.15, 0.2) is 48.2 Å². The summed E-state index contributed by atoms with van der Waals surface area (Å²) in [6.45, 7) is 2.41. The first-order valence-corrected chi connectivity index (χ1v) is 9.23. The van der Waals surface area contributed by atoms with Crippen LogP contribution in [0.4, 0.5) is 4.39 Å². The molecule has 146 valence electrons. The first-order chi connectivity index (χ1) is 13.4. The van der Waals surface area contributed by atoms with E-state index < -0.39 is 0 Å². The molecular formula is C21H21FN2O3S. The number of nitrogens with zero attached hydrogens (tertiary/aromatic N) is 2. The molecule has 0 N–H and O–H groups in total. The number of rotatable bonds is 6. The van der Waals surface area contributed by atoms with Crippen LogP contribution in [-0.2, 0) is 11.4 Å². The Bertz CT molecular complexity index is 945. The van der Waals surface area contributed by atoms with E-state index in [4.69, 9.17) is 21.7 Å². The third-order valence-corrected chi connectivity index (χ3v) is 4.92. The largest absolute Gasteiger partial charge is 0.490 e. The van der Waals surface area contributed by atoms with Crippen molar-refractivity contribution >= 4 is 29.3 Å². The summed E-state index contributed by atoms with van der Waals surface area (Å²) < 4.78 is 25.2. The topological polar surface area (TPSA) is 42.0 Å². The lowest BCUT2D eigenvalue weighted by Gasteiger charge is -2.14. The minimum atomic E-state index is -0.315. The second-order valence-corrected chi connectivity index (χ2v) is 6.62. The molecule has 0 saturated carbocycles. The van der Waals surface area contributed by atoms with Crippen LogP contribution >= 0.6 is 12.2 Å². The maximum absolute atomic E-state index is 13.8. The highest BCUT2D eigenvalue weighted by Gasteiger charge is 2.32. The van der Waals surface area contributed by atoms with Crippen LogP contribution in [-0.4, -0.2) is 41.5 Å². The van der Waals surface area contributed by atoms with E-state index in [-0.39, 0.29) is 18.3 Å². The second kappa shape index (κ2) is 8.39. The molecule has 0 atom stereocenters. The lowest BCUT2D eigenvalue weighted by molar-refractivity contribution is -0.121. The zero-order valence-corrected chi connectivity index (χ0v) is 16.8. The van der Waals surface area contributed by atoms with Gasteiger partial charge < -0.3 is 14.4 Å². The molecule has 1 aliphatic rings. The Morgan fingerprint density at radius 1 is 1.07 bits per heavy atom. The van der Waals surface area contributed by atoms with E-state index in [1.165, 1.54) is 11.0 Å². The van der Waals surface area contributed by atoms with Gasteiger partial charge in [-0.25, -0.2) is 4.39 Å². The van der Waals surface area contributed by atoms with Gasteiger partial charge in [-0.15, -0.1) is 0 Å². The lowest BCUT2D eigenvalue weighted by Crippen LogP contribution is -2.26. The maximum atomic E-state index is 13.8. The molecule has 7 heteroatoms. The molecule has 0 radical (unpaired) electrons. The van der Waals surface area contributed by atoms with Crippen molar-refractivity contribution in [3.63, 3.8) is 0 Å². The number of carbonyl (C=O) groups is 1. The van der Waals surface area contributed by atoms with Crippen molar-refractivity contribution in [2.75, 3.05) is 20.7 Å². The van der Waals surface area contributed by atoms with Crippen LogP contribution in [0.2, 0.25) is 0 Å². The van der Waals surface area contributed by atoms with Crippen LogP contribution in [0.1, 0.15) is 18.1 Å². The highest BCUT2D eigenvalue weighted by atomic mass is 32.1. The normalized spacial score (nSPS) is 15.5. The number of likely N-dealkylation sites (N-methyl/N-ethyl adjacent to an activating group) is 2. The monoisotopic (exact) mass is 400 g/mol. The lowest BCUT2D eigenvalue weighted by atomic mass is 10.1. The van der Waals surface area contributed by atoms with Crippen LogP contribution in [0.25, 0.3) is 6.08 Å². The van der Waals surface area contributed by atoms with Crippen molar-refractivity contribution in [1.82, 2.24) is 9.80 Å². The molecule has 28 heavy (non-hydrogen) atoms. The van der Waals surface area contributed by atoms with E-state index >= 15 is 0 Å². The average Bonchev–Trinajstić information content (AvgIpc) is 2.86. The highest BCUT2D eigenvalue weighted by molar-refractivity contribution is 7.80. The Labute approximate surface area is 169 Å². The number of hydrogen-bond donors (Lipinski definition) is 0. The predicted molar refractivity (Wildman–Crippen MR) is 109 cm³/mol. The molecule has 3 rings (SSSR count). The SMILES string of the molecule is CCOc1cc(/C=C2/C(=O)N(C)C(=S)N2C)ccc1OCc1ccccc1F. The van der Waals surface area contributed by atoms with Gasteiger partial charge in [-0.05, 0) is 49.0 Å². The van der Waals surface area contributed by atoms with E-state index in [0.29, 0.717) is 34.5 Å². The summed E-state index contributed by atoms with van der Waals surface area (Å²) >= 11 is 5.23. The van der Waals surface area contributed by atoms with E-state index in [9.17, 15) is 9.18 Å². The quantitative estimate of drug-likeness (QED) is 0.545. The number of hydrogen-bond acceptors (Lipinski definition) is 4. The van der Waals surface area contributed by atoms with Gasteiger partial charge in [-0.1, -0.05) is 24.3 Å². The van der Waals surface area contributed by atoms with Crippen molar-refractivity contribution in [3.8, 4) is 11.5 Å². The number of carbonyl (C=O) groups excluding carboxylic acids is 1. The van der Waals surface area contributed by atoms with E-state index in [1.54, 1.807) is 55.4 Å². The van der Waals surface area contributed by atoms with Gasteiger partial charge in [0.1, 0.15) is 18.1 Å². The van der Waals surface area contributed by atoms with E-state index in [1.807, 2.05) is 13.0 Å². The van der Waals surface area contributed by atoms with Gasteiger partial charge in [-0.3, -0.25) is 9.69 Å². The molecule has 5 nitrogen and oxygen atoms in total. The number of amides is 1. The molecule has 0 spiro atoms. The Kier molecular flexibility index (Phi) is 5.94. The molecule has 0 unspecified atom stereocenters. The third kappa shape index (κ3) is 3.99. The maximum Gasteiger partial charge on any atom is 0.276 e. The molecule has 0 aromatic heterocycles. The van der Waals surface area contributed by atoms with Gasteiger partial charge in [0.2, 0.25) is 0 Å². The zero-order chi connectivity index (χ0) is 20.3. The van der Waals surface area contributed by atoms with Gasteiger partial charge in [0, 0.05) is 19.7 Å². The molecule has 1 aliphatic heterocycles. The average molecular weight is 400 g/mol. The molecule has 1 fully saturated rings. The Morgan fingerprint density at radius 3 is 2.46 bits per heavy atom. The minimum absolute atomic E-state index is 0.0907. The Morgan fingerprint density at radius 2 is 1.82 bits per heavy atom. The molecule has 2 aromatic carbocycles. The summed E-state index contributed by atoms with van der Waals surface area (Å²) in [5.41, 5.74) is 1.72. The van der Waals surface area contributed by atoms with Crippen molar-refractivity contribution in [2.24, 2.45) is 0 Å². The summed E-state index contributed by atoms with van der Waals surface area (Å²) in [6.07, 6.45) is 1.75. The van der Waals surface area contributed by atoms with Crippen LogP contribution in [0, 0.1) is 5.82 Å². The number of benzene rings is 2. The fraction of sp³-hybridized carbons (Fsp3) is 0.238. The summed E-state index contributed by atoms with van der Waals surface area (Å²) in [5, 5.41) is 0.450. The van der Waals surface area contributed by atoms with E-state index in [2.05, 4.69) is 0 Å². The number of halogens is 1. The zero-order valence-electron chi connectivity index (χ0n) is 15.9. The standard InChI is InChI=1S/C21H21FN2O3S/c1-4-26-19-12-14(11-17-20(25)24(3)21(28)23(17)2)9-10-18(19)27-13-15-7-5-6-8-16(15)22/h5-12H,4,13H2,1-3H3/b17-11-. The first kappa shape index (κ1) is 19.8. The first-order valence-electron chi connectivity index (χ1n) is 8.83. The molecule has 1 amide bonds. The summed E-state index contributed by atoms with van der Waals surface area (Å²) in [7, 11) is 3.40. The molecule has 1 heterocycles. The van der Waals surface area contributed by atoms with Gasteiger partial charge in [0.25, 0.3) is 5.91 Å². The van der Waals surface area contributed by atoms with Crippen molar-refractivity contribution in [3.05, 3.63) is 65.1 Å². The second-order valence-electron chi connectivity index (χ2n) is 6.25. The van der Waals surface area contributed by atoms with Gasteiger partial charge in [-0.2, -0.15) is 0 Å². The van der Waals surface area contributed by atoms with Crippen molar-refractivity contribution in [1.29, 1.82) is 0 Å². The van der Waals surface area contributed by atoms with Gasteiger partial charge >= 0.3 is 0 Å². The van der Waals surface area contributed by atoms with E-state index in [0.717, 1.165) is 5.56 Å². The minimum Gasteiger partial charge on any atom is -0.490 e. The third-order valence-electron chi connectivity index (χ3n) is 4.37. The highest BCUT2D eigenvalue weighted by Crippen LogP contribution is 2.31. The molecule has 0 bridgehead atoms. The summed E-state index contributed by atoms with van der Waals surface area (Å²) in [6, 6.07) is 11.8. The number of ether oxygens (including phenoxy) is 2. The summed E-state index contributed by atoms with van der Waals surface area (Å²) in [5.74, 6) is 0.554. The molecule has 1 saturated heterocycles.